The van der Waals surface area contributed by atoms with Crippen LogP contribution in [0.25, 0.3) is 0 Å². The number of aryl methyl sites for hydroxylation is 2. The van der Waals surface area contributed by atoms with Gasteiger partial charge in [-0.3, -0.25) is 4.79 Å². The molecule has 5 heteroatoms. The van der Waals surface area contributed by atoms with Crippen LogP contribution in [0.2, 0.25) is 0 Å². The average Bonchev–Trinajstić information content (AvgIpc) is 2.93. The van der Waals surface area contributed by atoms with Crippen LogP contribution >= 0.6 is 0 Å². The van der Waals surface area contributed by atoms with Crippen LogP contribution in [0.5, 0.6) is 0 Å². The first-order valence-corrected chi connectivity index (χ1v) is 11.1. The molecule has 2 heterocycles. The van der Waals surface area contributed by atoms with Gasteiger partial charge in [0.05, 0.1) is 10.1 Å². The Balaban J connectivity index is 1.57. The number of rotatable bonds is 3. The van der Waals surface area contributed by atoms with E-state index < -0.39 is 15.1 Å². The third kappa shape index (κ3) is 3.18. The van der Waals surface area contributed by atoms with Gasteiger partial charge in [0.25, 0.3) is 5.91 Å². The number of benzene rings is 2. The van der Waals surface area contributed by atoms with Crippen molar-refractivity contribution in [3.8, 4) is 0 Å². The predicted octanol–water partition coefficient (Wildman–Crippen LogP) is 3.91. The molecule has 2 unspecified atom stereocenters. The van der Waals surface area contributed by atoms with Crippen LogP contribution in [0, 0.1) is 13.8 Å². The standard InChI is InChI=1S/C22H25NO3S/c1-15-8-9-17(12-16(15)2)22(24)23-18-10-11-19(23)14-21(13-18)27(25,26)20-6-4-3-5-7-20/h3-9,12,18-19,21H,10-11,13-14H2,1-2H3. The molecule has 4 nitrogen and oxygen atoms in total. The lowest BCUT2D eigenvalue weighted by molar-refractivity contribution is 0.0598. The maximum Gasteiger partial charge on any atom is 0.254 e. The van der Waals surface area contributed by atoms with Crippen molar-refractivity contribution in [3.63, 3.8) is 0 Å². The van der Waals surface area contributed by atoms with Crippen LogP contribution in [0.4, 0.5) is 0 Å². The van der Waals surface area contributed by atoms with Gasteiger partial charge < -0.3 is 4.90 Å². The van der Waals surface area contributed by atoms with Crippen LogP contribution in [-0.2, 0) is 9.84 Å². The Morgan fingerprint density at radius 2 is 1.56 bits per heavy atom. The molecule has 0 radical (unpaired) electrons. The number of nitrogens with zero attached hydrogens (tertiary/aromatic N) is 1. The third-order valence-corrected chi connectivity index (χ3v) is 8.38. The summed E-state index contributed by atoms with van der Waals surface area (Å²) >= 11 is 0. The zero-order valence-corrected chi connectivity index (χ0v) is 16.6. The third-order valence-electron chi connectivity index (χ3n) is 6.19. The molecule has 0 N–H and O–H groups in total. The van der Waals surface area contributed by atoms with E-state index in [1.54, 1.807) is 24.3 Å². The number of carbonyl (C=O) groups excluding carboxylic acids is 1. The van der Waals surface area contributed by atoms with E-state index in [1.807, 2.05) is 43.0 Å². The van der Waals surface area contributed by atoms with Crippen LogP contribution in [-0.4, -0.2) is 36.6 Å². The quantitative estimate of drug-likeness (QED) is 0.807. The lowest BCUT2D eigenvalue weighted by Gasteiger charge is -2.38. The van der Waals surface area contributed by atoms with Crippen molar-refractivity contribution in [3.05, 3.63) is 65.2 Å². The lowest BCUT2D eigenvalue weighted by Crippen LogP contribution is -2.49. The Kier molecular flexibility index (Phi) is 4.58. The zero-order valence-electron chi connectivity index (χ0n) is 15.8. The van der Waals surface area contributed by atoms with Crippen molar-refractivity contribution >= 4 is 15.7 Å². The van der Waals surface area contributed by atoms with Crippen LogP contribution in [0.1, 0.15) is 47.2 Å². The van der Waals surface area contributed by atoms with Crippen molar-refractivity contribution in [2.45, 2.75) is 61.8 Å². The molecule has 0 aliphatic carbocycles. The molecule has 4 rings (SSSR count). The van der Waals surface area contributed by atoms with Gasteiger partial charge in [0.1, 0.15) is 0 Å². The summed E-state index contributed by atoms with van der Waals surface area (Å²) in [6.07, 6.45) is 2.85. The summed E-state index contributed by atoms with van der Waals surface area (Å²) in [7, 11) is -3.35. The minimum absolute atomic E-state index is 0.0151. The molecule has 2 aromatic carbocycles. The molecule has 0 spiro atoms. The molecular formula is C22H25NO3S. The number of amides is 1. The minimum Gasteiger partial charge on any atom is -0.333 e. The summed E-state index contributed by atoms with van der Waals surface area (Å²) in [5, 5.41) is -0.402. The van der Waals surface area contributed by atoms with Crippen LogP contribution < -0.4 is 0 Å². The first-order chi connectivity index (χ1) is 12.9. The molecule has 2 aliphatic rings. The second-order valence-corrected chi connectivity index (χ2v) is 10.1. The number of sulfone groups is 1. The van der Waals surface area contributed by atoms with Crippen molar-refractivity contribution in [2.75, 3.05) is 0 Å². The maximum atomic E-state index is 13.1. The molecule has 0 saturated carbocycles. The molecule has 2 aliphatic heterocycles. The van der Waals surface area contributed by atoms with Crippen molar-refractivity contribution in [1.29, 1.82) is 0 Å². The largest absolute Gasteiger partial charge is 0.333 e. The van der Waals surface area contributed by atoms with E-state index >= 15 is 0 Å². The van der Waals surface area contributed by atoms with Crippen LogP contribution in [0.15, 0.2) is 53.4 Å². The summed E-state index contributed by atoms with van der Waals surface area (Å²) in [6, 6.07) is 14.5. The first-order valence-electron chi connectivity index (χ1n) is 9.57. The van der Waals surface area contributed by atoms with E-state index in [4.69, 9.17) is 0 Å². The molecule has 2 atom stereocenters. The van der Waals surface area contributed by atoms with Gasteiger partial charge in [0.2, 0.25) is 0 Å². The van der Waals surface area contributed by atoms with Gasteiger partial charge in [-0.1, -0.05) is 24.3 Å². The number of hydrogen-bond acceptors (Lipinski definition) is 3. The fourth-order valence-electron chi connectivity index (χ4n) is 4.54. The second kappa shape index (κ2) is 6.79. The van der Waals surface area contributed by atoms with E-state index in [1.165, 1.54) is 5.56 Å². The number of piperidine rings is 1. The highest BCUT2D eigenvalue weighted by Gasteiger charge is 2.47. The van der Waals surface area contributed by atoms with Crippen molar-refractivity contribution < 1.29 is 13.2 Å². The van der Waals surface area contributed by atoms with Gasteiger partial charge in [0, 0.05) is 17.6 Å². The highest BCUT2D eigenvalue weighted by atomic mass is 32.2. The van der Waals surface area contributed by atoms with E-state index in [2.05, 4.69) is 0 Å². The lowest BCUT2D eigenvalue weighted by atomic mass is 9.99. The first kappa shape index (κ1) is 18.2. The Morgan fingerprint density at radius 3 is 2.15 bits per heavy atom. The summed E-state index contributed by atoms with van der Waals surface area (Å²) < 4.78 is 26.1. The molecule has 2 aromatic rings. The fraction of sp³-hybridized carbons (Fsp3) is 0.409. The second-order valence-electron chi connectivity index (χ2n) is 7.85. The summed E-state index contributed by atoms with van der Waals surface area (Å²) in [4.78, 5) is 15.5. The highest BCUT2D eigenvalue weighted by molar-refractivity contribution is 7.92. The van der Waals surface area contributed by atoms with Gasteiger partial charge in [-0.05, 0) is 74.9 Å². The molecule has 2 fully saturated rings. The van der Waals surface area contributed by atoms with E-state index in [0.717, 1.165) is 18.4 Å². The molecular weight excluding hydrogens is 358 g/mol. The van der Waals surface area contributed by atoms with Gasteiger partial charge in [-0.15, -0.1) is 0 Å². The molecule has 0 aromatic heterocycles. The van der Waals surface area contributed by atoms with E-state index in [9.17, 15) is 13.2 Å². The van der Waals surface area contributed by atoms with Gasteiger partial charge in [0.15, 0.2) is 9.84 Å². The summed E-state index contributed by atoms with van der Waals surface area (Å²) in [5.41, 5.74) is 2.98. The maximum absolute atomic E-state index is 13.1. The molecule has 142 valence electrons. The van der Waals surface area contributed by atoms with Gasteiger partial charge in [-0.25, -0.2) is 8.42 Å². The Hall–Kier alpha value is -2.14. The molecule has 2 saturated heterocycles. The number of carbonyl (C=O) groups is 1. The molecule has 27 heavy (non-hydrogen) atoms. The Labute approximate surface area is 161 Å². The minimum atomic E-state index is -3.35. The fourth-order valence-corrected chi connectivity index (χ4v) is 6.41. The van der Waals surface area contributed by atoms with Crippen molar-refractivity contribution in [1.82, 2.24) is 4.90 Å². The van der Waals surface area contributed by atoms with Crippen LogP contribution in [0.3, 0.4) is 0 Å². The van der Waals surface area contributed by atoms with E-state index in [-0.39, 0.29) is 18.0 Å². The monoisotopic (exact) mass is 383 g/mol. The predicted molar refractivity (Wildman–Crippen MR) is 106 cm³/mol. The topological polar surface area (TPSA) is 54.5 Å². The smallest absolute Gasteiger partial charge is 0.254 e. The summed E-state index contributed by atoms with van der Waals surface area (Å²) in [6.45, 7) is 4.05. The van der Waals surface area contributed by atoms with Gasteiger partial charge in [-0.2, -0.15) is 0 Å². The van der Waals surface area contributed by atoms with Gasteiger partial charge >= 0.3 is 0 Å². The number of fused-ring (bicyclic) bond motifs is 2. The van der Waals surface area contributed by atoms with E-state index in [0.29, 0.717) is 23.3 Å². The molecule has 1 amide bonds. The SMILES string of the molecule is Cc1ccc(C(=O)N2C3CCC2CC(S(=O)(=O)c2ccccc2)C3)cc1C. The average molecular weight is 384 g/mol. The molecule has 2 bridgehead atoms. The normalized spacial score (nSPS) is 24.8. The highest BCUT2D eigenvalue weighted by Crippen LogP contribution is 2.40. The Morgan fingerprint density at radius 1 is 0.926 bits per heavy atom. The number of hydrogen-bond donors (Lipinski definition) is 0. The zero-order chi connectivity index (χ0) is 19.2. The van der Waals surface area contributed by atoms with Crippen molar-refractivity contribution in [2.24, 2.45) is 0 Å². The Bertz CT molecular complexity index is 954. The summed E-state index contributed by atoms with van der Waals surface area (Å²) in [5.74, 6) is 0.0427.